The van der Waals surface area contributed by atoms with E-state index in [4.69, 9.17) is 0 Å². The summed E-state index contributed by atoms with van der Waals surface area (Å²) in [5, 5.41) is 0. The molecular weight excluding hydrogens is 108 g/mol. The minimum absolute atomic E-state index is 0.832. The second-order valence-electron chi connectivity index (χ2n) is 4.16. The third-order valence-electron chi connectivity index (χ3n) is 3.95. The van der Waals surface area contributed by atoms with Gasteiger partial charge >= 0.3 is 0 Å². The molecule has 0 heterocycles. The fraction of sp³-hybridized carbons (Fsp3) is 0.778. The van der Waals surface area contributed by atoms with Gasteiger partial charge in [-0.05, 0) is 36.5 Å². The standard InChI is InChI=1S/C9H12/c1-5-3-4-6-8-7(5)9(6,8)2/h3,6-8H,4H2,1-2H3. The first kappa shape index (κ1) is 4.54. The minimum Gasteiger partial charge on any atom is -0.0850 e. The maximum absolute atomic E-state index is 2.46. The van der Waals surface area contributed by atoms with E-state index >= 15 is 0 Å². The van der Waals surface area contributed by atoms with E-state index in [1.165, 1.54) is 6.42 Å². The lowest BCUT2D eigenvalue weighted by Gasteiger charge is -2.21. The van der Waals surface area contributed by atoms with Crippen molar-refractivity contribution in [1.82, 2.24) is 0 Å². The fourth-order valence-electron chi connectivity index (χ4n) is 3.19. The van der Waals surface area contributed by atoms with E-state index in [2.05, 4.69) is 19.9 Å². The molecule has 0 aromatic heterocycles. The lowest BCUT2D eigenvalue weighted by atomic mass is 9.84. The number of hydrogen-bond acceptors (Lipinski definition) is 0. The molecule has 0 aromatic carbocycles. The number of rotatable bonds is 0. The van der Waals surface area contributed by atoms with Gasteiger partial charge in [0.1, 0.15) is 0 Å². The zero-order valence-corrected chi connectivity index (χ0v) is 6.02. The van der Waals surface area contributed by atoms with Crippen molar-refractivity contribution < 1.29 is 0 Å². The fourth-order valence-corrected chi connectivity index (χ4v) is 3.19. The molecule has 4 rings (SSSR count). The predicted octanol–water partition coefficient (Wildman–Crippen LogP) is 2.22. The van der Waals surface area contributed by atoms with Crippen LogP contribution in [-0.4, -0.2) is 0 Å². The normalized spacial score (nSPS) is 66.4. The minimum atomic E-state index is 0.832. The molecule has 0 amide bonds. The summed E-state index contributed by atoms with van der Waals surface area (Å²) in [7, 11) is 0. The molecule has 9 heavy (non-hydrogen) atoms. The average Bonchev–Trinajstić information content (AvgIpc) is 2.57. The summed E-state index contributed by atoms with van der Waals surface area (Å²) in [4.78, 5) is 0. The van der Waals surface area contributed by atoms with Gasteiger partial charge in [0.2, 0.25) is 0 Å². The second-order valence-corrected chi connectivity index (χ2v) is 4.16. The van der Waals surface area contributed by atoms with Crippen molar-refractivity contribution in [2.24, 2.45) is 23.2 Å². The topological polar surface area (TPSA) is 0 Å². The summed E-state index contributed by atoms with van der Waals surface area (Å²) < 4.78 is 0. The summed E-state index contributed by atoms with van der Waals surface area (Å²) in [5.74, 6) is 3.30. The molecule has 0 nitrogen and oxygen atoms in total. The van der Waals surface area contributed by atoms with Gasteiger partial charge in [0.15, 0.2) is 0 Å². The molecule has 2 fully saturated rings. The Labute approximate surface area is 56.0 Å². The highest BCUT2D eigenvalue weighted by molar-refractivity contribution is 5.42. The first-order valence-electron chi connectivity index (χ1n) is 3.93. The van der Waals surface area contributed by atoms with Crippen molar-refractivity contribution in [1.29, 1.82) is 0 Å². The lowest BCUT2D eigenvalue weighted by molar-refractivity contribution is 0.411. The molecule has 0 spiro atoms. The van der Waals surface area contributed by atoms with E-state index in [9.17, 15) is 0 Å². The summed E-state index contributed by atoms with van der Waals surface area (Å²) >= 11 is 0. The van der Waals surface area contributed by atoms with Gasteiger partial charge in [-0.2, -0.15) is 0 Å². The molecule has 0 aliphatic heterocycles. The van der Waals surface area contributed by atoms with E-state index in [-0.39, 0.29) is 0 Å². The van der Waals surface area contributed by atoms with Crippen LogP contribution in [0.1, 0.15) is 20.3 Å². The number of allylic oxidation sites excluding steroid dienone is 2. The first-order chi connectivity index (χ1) is 4.26. The summed E-state index contributed by atoms with van der Waals surface area (Å²) in [6.07, 6.45) is 3.84. The molecule has 0 saturated heterocycles. The van der Waals surface area contributed by atoms with Crippen LogP contribution < -0.4 is 0 Å². The van der Waals surface area contributed by atoms with E-state index in [1.807, 2.05) is 0 Å². The Kier molecular flexibility index (Phi) is 0.455. The van der Waals surface area contributed by atoms with Gasteiger partial charge in [-0.25, -0.2) is 0 Å². The second kappa shape index (κ2) is 0.902. The molecule has 0 N–H and O–H groups in total. The van der Waals surface area contributed by atoms with Gasteiger partial charge in [0.05, 0.1) is 0 Å². The van der Waals surface area contributed by atoms with Crippen LogP contribution >= 0.6 is 0 Å². The van der Waals surface area contributed by atoms with Gasteiger partial charge < -0.3 is 0 Å². The maximum Gasteiger partial charge on any atom is -0.0109 e. The Morgan fingerprint density at radius 2 is 2.33 bits per heavy atom. The van der Waals surface area contributed by atoms with Crippen LogP contribution in [0.15, 0.2) is 11.6 Å². The molecule has 4 unspecified atom stereocenters. The third kappa shape index (κ3) is 0.270. The predicted molar refractivity (Wildman–Crippen MR) is 37.0 cm³/mol. The van der Waals surface area contributed by atoms with Crippen LogP contribution in [0, 0.1) is 23.2 Å². The molecule has 2 bridgehead atoms. The average molecular weight is 120 g/mol. The quantitative estimate of drug-likeness (QED) is 0.430. The van der Waals surface area contributed by atoms with Crippen LogP contribution in [0.25, 0.3) is 0 Å². The Balaban J connectivity index is 2.08. The van der Waals surface area contributed by atoms with Crippen molar-refractivity contribution >= 4 is 0 Å². The van der Waals surface area contributed by atoms with Gasteiger partial charge in [-0.3, -0.25) is 0 Å². The highest BCUT2D eigenvalue weighted by atomic mass is 14.9. The van der Waals surface area contributed by atoms with Crippen LogP contribution in [-0.2, 0) is 0 Å². The van der Waals surface area contributed by atoms with E-state index in [1.54, 1.807) is 5.57 Å². The Hall–Kier alpha value is -0.260. The molecule has 2 saturated carbocycles. The van der Waals surface area contributed by atoms with Crippen LogP contribution in [0.5, 0.6) is 0 Å². The van der Waals surface area contributed by atoms with Crippen molar-refractivity contribution in [3.05, 3.63) is 11.6 Å². The highest BCUT2D eigenvalue weighted by Crippen LogP contribution is 2.88. The SMILES string of the molecule is CC1=CCC2C3C1C23C. The smallest absolute Gasteiger partial charge is 0.0109 e. The molecule has 0 radical (unpaired) electrons. The molecule has 0 aromatic rings. The van der Waals surface area contributed by atoms with Crippen LogP contribution in [0.4, 0.5) is 0 Å². The first-order valence-corrected chi connectivity index (χ1v) is 3.93. The zero-order valence-electron chi connectivity index (χ0n) is 6.02. The Bertz CT molecular complexity index is 214. The molecule has 4 aliphatic carbocycles. The molecule has 4 aliphatic rings. The maximum atomic E-state index is 2.46. The summed E-state index contributed by atoms with van der Waals surface area (Å²) in [6.45, 7) is 4.77. The van der Waals surface area contributed by atoms with Gasteiger partial charge in [0, 0.05) is 0 Å². The van der Waals surface area contributed by atoms with E-state index < -0.39 is 0 Å². The lowest BCUT2D eigenvalue weighted by Crippen LogP contribution is -2.12. The van der Waals surface area contributed by atoms with Crippen molar-refractivity contribution in [3.63, 3.8) is 0 Å². The highest BCUT2D eigenvalue weighted by Gasteiger charge is 2.83. The molecule has 4 atom stereocenters. The van der Waals surface area contributed by atoms with Crippen molar-refractivity contribution in [2.45, 2.75) is 20.3 Å². The third-order valence-corrected chi connectivity index (χ3v) is 3.95. The van der Waals surface area contributed by atoms with Gasteiger partial charge in [-0.15, -0.1) is 0 Å². The number of hydrogen-bond donors (Lipinski definition) is 0. The van der Waals surface area contributed by atoms with Gasteiger partial charge in [-0.1, -0.05) is 18.6 Å². The summed E-state index contributed by atoms with van der Waals surface area (Å²) in [6, 6.07) is 0. The van der Waals surface area contributed by atoms with Crippen LogP contribution in [0.3, 0.4) is 0 Å². The largest absolute Gasteiger partial charge is 0.0850 e. The van der Waals surface area contributed by atoms with E-state index in [0.29, 0.717) is 0 Å². The van der Waals surface area contributed by atoms with Crippen molar-refractivity contribution in [2.75, 3.05) is 0 Å². The van der Waals surface area contributed by atoms with Crippen LogP contribution in [0.2, 0.25) is 0 Å². The van der Waals surface area contributed by atoms with Gasteiger partial charge in [0.25, 0.3) is 0 Å². The summed E-state index contributed by atoms with van der Waals surface area (Å²) in [5.41, 5.74) is 2.52. The molecular formula is C9H12. The molecule has 0 heteroatoms. The van der Waals surface area contributed by atoms with E-state index in [0.717, 1.165) is 23.2 Å². The molecule has 48 valence electrons. The number of fused-ring (bicyclic) bond motifs is 1. The van der Waals surface area contributed by atoms with Crippen molar-refractivity contribution in [3.8, 4) is 0 Å². The zero-order chi connectivity index (χ0) is 6.22. The Morgan fingerprint density at radius 3 is 2.67 bits per heavy atom. The monoisotopic (exact) mass is 120 g/mol. The Morgan fingerprint density at radius 1 is 1.67 bits per heavy atom.